The molecule has 1 aliphatic heterocycles. The van der Waals surface area contributed by atoms with Crippen LogP contribution in [0.15, 0.2) is 36.0 Å². The first-order valence-corrected chi connectivity index (χ1v) is 20.4. The molecule has 0 amide bonds. The zero-order valence-corrected chi connectivity index (χ0v) is 31.6. The molecule has 2 saturated carbocycles. The maximum atomic E-state index is 14.3. The van der Waals surface area contributed by atoms with Crippen molar-refractivity contribution in [2.75, 3.05) is 6.61 Å². The lowest BCUT2D eigenvalue weighted by atomic mass is 9.47. The van der Waals surface area contributed by atoms with Gasteiger partial charge in [0.05, 0.1) is 12.2 Å². The molecule has 0 aromatic rings. The molecule has 0 bridgehead atoms. The third-order valence-corrected chi connectivity index (χ3v) is 13.2. The summed E-state index contributed by atoms with van der Waals surface area (Å²) < 4.78 is 18.8. The zero-order chi connectivity index (χ0) is 35.8. The van der Waals surface area contributed by atoms with Gasteiger partial charge in [-0.15, -0.1) is 0 Å². The van der Waals surface area contributed by atoms with Gasteiger partial charge < -0.3 is 19.3 Å². The van der Waals surface area contributed by atoms with Gasteiger partial charge in [-0.1, -0.05) is 115 Å². The monoisotopic (exact) mass is 694 g/mol. The van der Waals surface area contributed by atoms with Crippen LogP contribution in [0.25, 0.3) is 0 Å². The van der Waals surface area contributed by atoms with Gasteiger partial charge in [0.15, 0.2) is 24.3 Å². The first kappa shape index (κ1) is 39.1. The second-order valence-electron chi connectivity index (χ2n) is 16.6. The molecule has 1 saturated heterocycles. The quantitative estimate of drug-likeness (QED) is 0.0770. The van der Waals surface area contributed by atoms with E-state index in [1.54, 1.807) is 6.08 Å². The number of carbonyl (C=O) groups excluding carboxylic acids is 3. The van der Waals surface area contributed by atoms with Gasteiger partial charge >= 0.3 is 5.97 Å². The van der Waals surface area contributed by atoms with Crippen molar-refractivity contribution in [3.05, 3.63) is 36.0 Å². The number of aliphatic hydroxyl groups is 1. The fourth-order valence-electron chi connectivity index (χ4n) is 10.6. The summed E-state index contributed by atoms with van der Waals surface area (Å²) in [5, 5.41) is 11.9. The molecule has 0 aromatic carbocycles. The fraction of sp³-hybridized carbons (Fsp3) is 0.791. The molecule has 0 aromatic heterocycles. The Morgan fingerprint density at radius 2 is 1.64 bits per heavy atom. The van der Waals surface area contributed by atoms with E-state index in [0.717, 1.165) is 44.1 Å². The van der Waals surface area contributed by atoms with Crippen LogP contribution in [0.5, 0.6) is 0 Å². The lowest BCUT2D eigenvalue weighted by Crippen LogP contribution is -2.63. The number of ketones is 2. The second-order valence-corrected chi connectivity index (χ2v) is 16.6. The van der Waals surface area contributed by atoms with E-state index in [0.29, 0.717) is 25.7 Å². The number of aliphatic hydroxyl groups excluding tert-OH is 1. The number of hydrogen-bond acceptors (Lipinski definition) is 7. The lowest BCUT2D eigenvalue weighted by Gasteiger charge is -2.59. The summed E-state index contributed by atoms with van der Waals surface area (Å²) in [6.07, 6.45) is 28.6. The molecule has 4 aliphatic carbocycles. The first-order valence-electron chi connectivity index (χ1n) is 20.4. The highest BCUT2D eigenvalue weighted by atomic mass is 16.7. The standard InChI is InChI=1S/C43H66O7/c1-5-7-8-9-10-11-12-13-14-15-16-17-18-19-20-22-38(47)48-30-36(46)43-37(49-39(50-43)21-6-2)28-34-33-24-23-31-27-32(44)25-26-41(31,3)40(33)35(45)29-42(34,43)4/h16-17,23,25-26,33-35,37,39-40,45H,5-15,18-22,24,27-30H2,1-4H3/t33?,34?,35?,37-,39?,40?,41?,42?,43-/m1/s1. The van der Waals surface area contributed by atoms with Gasteiger partial charge in [-0.05, 0) is 75.7 Å². The number of fused-ring (bicyclic) bond motifs is 7. The molecule has 5 aliphatic rings. The number of hydrogen-bond donors (Lipinski definition) is 1. The maximum absolute atomic E-state index is 14.3. The summed E-state index contributed by atoms with van der Waals surface area (Å²) >= 11 is 0. The van der Waals surface area contributed by atoms with Crippen LogP contribution >= 0.6 is 0 Å². The average Bonchev–Trinajstić information content (AvgIpc) is 3.57. The summed E-state index contributed by atoms with van der Waals surface area (Å²) in [6.45, 7) is 8.24. The van der Waals surface area contributed by atoms with Crippen LogP contribution in [0, 0.1) is 28.6 Å². The van der Waals surface area contributed by atoms with E-state index in [9.17, 15) is 19.5 Å². The molecule has 9 atom stereocenters. The Hall–Kier alpha value is -2.09. The Morgan fingerprint density at radius 3 is 2.34 bits per heavy atom. The topological polar surface area (TPSA) is 99.1 Å². The second kappa shape index (κ2) is 17.6. The number of esters is 1. The molecule has 1 N–H and O–H groups in total. The van der Waals surface area contributed by atoms with E-state index in [2.05, 4.69) is 45.9 Å². The molecule has 1 heterocycles. The predicted octanol–water partition coefficient (Wildman–Crippen LogP) is 9.31. The normalized spacial score (nSPS) is 35.8. The Labute approximate surface area is 302 Å². The Balaban J connectivity index is 1.11. The average molecular weight is 695 g/mol. The molecule has 7 unspecified atom stereocenters. The maximum Gasteiger partial charge on any atom is 0.306 e. The minimum atomic E-state index is -1.27. The van der Waals surface area contributed by atoms with Crippen molar-refractivity contribution in [2.45, 2.75) is 180 Å². The first-order chi connectivity index (χ1) is 24.1. The largest absolute Gasteiger partial charge is 0.458 e. The van der Waals surface area contributed by atoms with Crippen molar-refractivity contribution >= 4 is 17.5 Å². The minimum Gasteiger partial charge on any atom is -0.458 e. The van der Waals surface area contributed by atoms with Crippen LogP contribution in [0.2, 0.25) is 0 Å². The number of carbonyl (C=O) groups is 3. The van der Waals surface area contributed by atoms with Crippen molar-refractivity contribution in [1.29, 1.82) is 0 Å². The van der Waals surface area contributed by atoms with Gasteiger partial charge in [0.1, 0.15) is 0 Å². The van der Waals surface area contributed by atoms with E-state index in [-0.39, 0.29) is 48.3 Å². The smallest absolute Gasteiger partial charge is 0.306 e. The number of Topliss-reactive ketones (excluding diaryl/α,β-unsaturated/α-hetero) is 1. The van der Waals surface area contributed by atoms with E-state index in [1.807, 2.05) is 6.08 Å². The number of allylic oxidation sites excluding steroid dienone is 6. The third kappa shape index (κ3) is 8.10. The van der Waals surface area contributed by atoms with E-state index < -0.39 is 34.9 Å². The van der Waals surface area contributed by atoms with Crippen molar-refractivity contribution in [2.24, 2.45) is 28.6 Å². The van der Waals surface area contributed by atoms with Gasteiger partial charge in [-0.2, -0.15) is 0 Å². The molecule has 0 radical (unpaired) electrons. The molecular formula is C43H66O7. The van der Waals surface area contributed by atoms with Crippen molar-refractivity contribution in [1.82, 2.24) is 0 Å². The van der Waals surface area contributed by atoms with Crippen molar-refractivity contribution < 1.29 is 33.7 Å². The van der Waals surface area contributed by atoms with Crippen LogP contribution in [0.3, 0.4) is 0 Å². The van der Waals surface area contributed by atoms with Gasteiger partial charge in [0.25, 0.3) is 0 Å². The Bertz CT molecular complexity index is 1270. The molecule has 50 heavy (non-hydrogen) atoms. The SMILES string of the molecule is CCCCCCCCCCCC=CCCCCC(=O)OCC(=O)[C@@]12OC(CCC)O[C@@H]1CC1C3CC=C4CC(=O)C=CC4(C)C3C(O)CC12C. The van der Waals surface area contributed by atoms with Crippen LogP contribution in [-0.2, 0) is 28.6 Å². The fourth-order valence-corrected chi connectivity index (χ4v) is 10.6. The highest BCUT2D eigenvalue weighted by Crippen LogP contribution is 2.69. The predicted molar refractivity (Wildman–Crippen MR) is 196 cm³/mol. The Kier molecular flexibility index (Phi) is 13.8. The van der Waals surface area contributed by atoms with Gasteiger partial charge in [0, 0.05) is 29.6 Å². The summed E-state index contributed by atoms with van der Waals surface area (Å²) in [4.78, 5) is 39.4. The van der Waals surface area contributed by atoms with Crippen LogP contribution in [0.4, 0.5) is 0 Å². The third-order valence-electron chi connectivity index (χ3n) is 13.2. The number of unbranched alkanes of at least 4 members (excludes halogenated alkanes) is 11. The summed E-state index contributed by atoms with van der Waals surface area (Å²) in [7, 11) is 0. The molecular weight excluding hydrogens is 628 g/mol. The highest BCUT2D eigenvalue weighted by Gasteiger charge is 2.75. The van der Waals surface area contributed by atoms with Crippen LogP contribution in [0.1, 0.15) is 156 Å². The van der Waals surface area contributed by atoms with Crippen LogP contribution in [-0.4, -0.2) is 53.3 Å². The van der Waals surface area contributed by atoms with Crippen LogP contribution < -0.4 is 0 Å². The molecule has 3 fully saturated rings. The van der Waals surface area contributed by atoms with Gasteiger partial charge in [0.2, 0.25) is 5.78 Å². The van der Waals surface area contributed by atoms with E-state index in [4.69, 9.17) is 14.2 Å². The zero-order valence-electron chi connectivity index (χ0n) is 31.6. The molecule has 7 heteroatoms. The van der Waals surface area contributed by atoms with E-state index in [1.165, 1.54) is 57.8 Å². The Morgan fingerprint density at radius 1 is 0.960 bits per heavy atom. The molecule has 7 nitrogen and oxygen atoms in total. The van der Waals surface area contributed by atoms with Gasteiger partial charge in [-0.25, -0.2) is 0 Å². The summed E-state index contributed by atoms with van der Waals surface area (Å²) in [6, 6.07) is 0. The molecule has 0 spiro atoms. The van der Waals surface area contributed by atoms with Gasteiger partial charge in [-0.3, -0.25) is 14.4 Å². The number of ether oxygens (including phenoxy) is 3. The summed E-state index contributed by atoms with van der Waals surface area (Å²) in [5.41, 5.74) is -1.24. The summed E-state index contributed by atoms with van der Waals surface area (Å²) in [5.74, 6) is -0.344. The minimum absolute atomic E-state index is 0.0510. The number of rotatable bonds is 20. The highest BCUT2D eigenvalue weighted by molar-refractivity contribution is 5.94. The van der Waals surface area contributed by atoms with Crippen molar-refractivity contribution in [3.8, 4) is 0 Å². The van der Waals surface area contributed by atoms with E-state index >= 15 is 0 Å². The molecule has 5 rings (SSSR count). The lowest BCUT2D eigenvalue weighted by molar-refractivity contribution is -0.200. The van der Waals surface area contributed by atoms with Crippen molar-refractivity contribution in [3.63, 3.8) is 0 Å². The molecule has 280 valence electrons.